The number of hydrogen-bond acceptors (Lipinski definition) is 0. The monoisotopic (exact) mass is 964 g/mol. The second-order valence-electron chi connectivity index (χ2n) is 14.2. The molecule has 0 bridgehead atoms. The topological polar surface area (TPSA) is 0 Å². The molecule has 0 saturated heterocycles. The minimum atomic E-state index is -2.39. The first-order valence-electron chi connectivity index (χ1n) is 17.3. The van der Waals surface area contributed by atoms with Gasteiger partial charge in [0.1, 0.15) is 0 Å². The maximum absolute atomic E-state index is 5.76. The molecule has 0 heterocycles. The molecule has 0 atom stereocenters. The van der Waals surface area contributed by atoms with Gasteiger partial charge in [-0.25, -0.2) is 0 Å². The van der Waals surface area contributed by atoms with Crippen molar-refractivity contribution in [2.75, 3.05) is 0 Å². The van der Waals surface area contributed by atoms with Crippen molar-refractivity contribution in [2.24, 2.45) is 0 Å². The minimum absolute atomic E-state index is 0.600. The van der Waals surface area contributed by atoms with Crippen LogP contribution in [0.4, 0.5) is 0 Å². The van der Waals surface area contributed by atoms with Gasteiger partial charge in [0.2, 0.25) is 0 Å². The normalized spacial score (nSPS) is 11.8. The Labute approximate surface area is 355 Å². The number of benzene rings is 2. The molecule has 12 heteroatoms. The van der Waals surface area contributed by atoms with Crippen LogP contribution in [0.15, 0.2) is 48.5 Å². The summed E-state index contributed by atoms with van der Waals surface area (Å²) >= 11 is 33.7. The van der Waals surface area contributed by atoms with E-state index in [1.165, 1.54) is 54.9 Å². The van der Waals surface area contributed by atoms with Crippen molar-refractivity contribution in [1.82, 2.24) is 0 Å². The molecule has 278 valence electrons. The zero-order valence-corrected chi connectivity index (χ0v) is 42.7. The number of hydrogen-bond donors (Lipinski definition) is 0. The van der Waals surface area contributed by atoms with E-state index in [-0.39, 0.29) is 0 Å². The van der Waals surface area contributed by atoms with Crippen molar-refractivity contribution in [3.8, 4) is 0 Å². The Morgan fingerprint density at radius 1 is 0.560 bits per heavy atom. The van der Waals surface area contributed by atoms with Gasteiger partial charge >= 0.3 is 49.9 Å². The molecule has 4 aromatic rings. The Hall–Kier alpha value is 1.51. The fourth-order valence-corrected chi connectivity index (χ4v) is 11.0. The molecule has 4 rings (SSSR count). The van der Waals surface area contributed by atoms with Gasteiger partial charge in [-0.1, -0.05) is 129 Å². The van der Waals surface area contributed by atoms with Gasteiger partial charge < -0.3 is 0 Å². The van der Waals surface area contributed by atoms with E-state index in [0.717, 1.165) is 46.5 Å². The molecular weight excluding hydrogens is 916 g/mol. The first-order chi connectivity index (χ1) is 23.1. The molecule has 0 fully saturated rings. The number of fused-ring (bicyclic) bond motifs is 2. The molecule has 0 amide bonds. The number of aryl methyl sites for hydroxylation is 2. The molecule has 0 aliphatic rings. The van der Waals surface area contributed by atoms with Crippen molar-refractivity contribution in [3.05, 3.63) is 81.9 Å². The summed E-state index contributed by atoms with van der Waals surface area (Å²) in [6.07, 6.45) is 2.01. The predicted molar refractivity (Wildman–Crippen MR) is 237 cm³/mol. The Kier molecular flexibility index (Phi) is 24.0. The molecule has 0 aliphatic carbocycles. The molecular formula is C38H54Cl8Si3Zr. The molecule has 0 saturated carbocycles. The van der Waals surface area contributed by atoms with E-state index < -0.39 is 32.9 Å². The van der Waals surface area contributed by atoms with E-state index in [2.05, 4.69) is 118 Å². The zero-order valence-electron chi connectivity index (χ0n) is 31.2. The molecule has 50 heavy (non-hydrogen) atoms. The second kappa shape index (κ2) is 24.2. The van der Waals surface area contributed by atoms with Crippen LogP contribution >= 0.6 is 83.5 Å². The van der Waals surface area contributed by atoms with Gasteiger partial charge in [-0.05, 0) is 35.8 Å². The number of rotatable bonds is 12. The summed E-state index contributed by atoms with van der Waals surface area (Å²) in [5.41, 5.74) is 8.66. The molecule has 0 spiro atoms. The SMILES string of the molecule is Cc1cc2c(C(C)C)cc(C(C)C)cc2[cH-]1.Cc1cc2c(C(C)C)cc(C(C)C)cc2[cH-]1.Cl[Si](Cl)(Cl)CCC[Si]CCC[Si](Cl)(Cl)Cl.[Cl][Zr+2][Cl]. The van der Waals surface area contributed by atoms with Crippen LogP contribution in [0.3, 0.4) is 0 Å². The summed E-state index contributed by atoms with van der Waals surface area (Å²) in [5.74, 6) is 2.42. The standard InChI is InChI=1S/2C16H21.C6H12Cl6Si3.2ClH.Zr/c2*1-10(2)13-8-14-6-12(5)7-16(14)15(9-13)11(3)4;7-14(8,9)5-1-3-13-4-2-6-15(10,11)12;;;/h2*6-11H,1-5H3;1-6H2;2*1H;/q2*-1;;;;+4/p-2. The molecule has 2 radical (unpaired) electrons. The molecule has 0 unspecified atom stereocenters. The van der Waals surface area contributed by atoms with Gasteiger partial charge in [-0.15, -0.1) is 123 Å². The molecule has 0 aromatic heterocycles. The summed E-state index contributed by atoms with van der Waals surface area (Å²) in [6.45, 7) is 22.5. The Morgan fingerprint density at radius 2 is 0.880 bits per heavy atom. The van der Waals surface area contributed by atoms with Crippen molar-refractivity contribution in [2.45, 2.75) is 130 Å². The summed E-state index contributed by atoms with van der Waals surface area (Å²) < 4.78 is 0. The van der Waals surface area contributed by atoms with Crippen molar-refractivity contribution in [3.63, 3.8) is 0 Å². The third kappa shape index (κ3) is 19.4. The van der Waals surface area contributed by atoms with Gasteiger partial charge in [-0.3, -0.25) is 0 Å². The number of halogens is 8. The quantitative estimate of drug-likeness (QED) is 0.0574. The Morgan fingerprint density at radius 3 is 1.14 bits per heavy atom. The first-order valence-corrected chi connectivity index (χ1v) is 35.5. The van der Waals surface area contributed by atoms with Crippen LogP contribution in [0.5, 0.6) is 0 Å². The van der Waals surface area contributed by atoms with Crippen LogP contribution in [-0.4, -0.2) is 21.5 Å². The molecule has 4 aromatic carbocycles. The third-order valence-corrected chi connectivity index (χ3v) is 14.9. The Bertz CT molecular complexity index is 1440. The third-order valence-electron chi connectivity index (χ3n) is 8.25. The van der Waals surface area contributed by atoms with Crippen molar-refractivity contribution in [1.29, 1.82) is 0 Å². The van der Waals surface area contributed by atoms with Gasteiger partial charge in [0.25, 0.3) is 0 Å². The predicted octanol–water partition coefficient (Wildman–Crippen LogP) is 17.2. The van der Waals surface area contributed by atoms with E-state index in [4.69, 9.17) is 83.5 Å². The summed E-state index contributed by atoms with van der Waals surface area (Å²) in [7, 11) is 10.8. The molecule has 0 N–H and O–H groups in total. The molecule has 0 nitrogen and oxygen atoms in total. The zero-order chi connectivity index (χ0) is 38.4. The van der Waals surface area contributed by atoms with Crippen LogP contribution in [0.2, 0.25) is 24.2 Å². The van der Waals surface area contributed by atoms with Crippen LogP contribution in [0.25, 0.3) is 21.5 Å². The fourth-order valence-electron chi connectivity index (χ4n) is 5.62. The van der Waals surface area contributed by atoms with Crippen LogP contribution < -0.4 is 0 Å². The van der Waals surface area contributed by atoms with Gasteiger partial charge in [0.05, 0.1) is 0 Å². The molecule has 0 aliphatic heterocycles. The van der Waals surface area contributed by atoms with E-state index in [1.807, 2.05) is 0 Å². The van der Waals surface area contributed by atoms with Crippen LogP contribution in [0.1, 0.15) is 125 Å². The van der Waals surface area contributed by atoms with Crippen LogP contribution in [0, 0.1) is 13.8 Å². The van der Waals surface area contributed by atoms with Gasteiger partial charge in [0.15, 0.2) is 0 Å². The average Bonchev–Trinajstić information content (AvgIpc) is 3.55. The van der Waals surface area contributed by atoms with Crippen LogP contribution in [-0.2, 0) is 20.8 Å². The second-order valence-corrected chi connectivity index (χ2v) is 38.0. The maximum atomic E-state index is 5.76. The van der Waals surface area contributed by atoms with E-state index in [9.17, 15) is 0 Å². The Balaban J connectivity index is 0.000000361. The van der Waals surface area contributed by atoms with E-state index in [0.29, 0.717) is 23.7 Å². The van der Waals surface area contributed by atoms with Crippen molar-refractivity contribution < 1.29 is 20.8 Å². The summed E-state index contributed by atoms with van der Waals surface area (Å²) in [6, 6.07) is 17.7. The average molecular weight is 970 g/mol. The van der Waals surface area contributed by atoms with E-state index in [1.54, 1.807) is 0 Å². The summed E-state index contributed by atoms with van der Waals surface area (Å²) in [5, 5.41) is 5.70. The van der Waals surface area contributed by atoms with Gasteiger partial charge in [0, 0.05) is 9.52 Å². The fraction of sp³-hybridized carbons (Fsp3) is 0.526. The van der Waals surface area contributed by atoms with E-state index >= 15 is 0 Å². The van der Waals surface area contributed by atoms with Gasteiger partial charge in [-0.2, -0.15) is 12.1 Å². The summed E-state index contributed by atoms with van der Waals surface area (Å²) in [4.78, 5) is 0. The van der Waals surface area contributed by atoms with Crippen molar-refractivity contribution >= 4 is 127 Å². The first kappa shape index (κ1) is 49.5.